The van der Waals surface area contributed by atoms with Crippen molar-refractivity contribution in [2.24, 2.45) is 5.41 Å². The highest BCUT2D eigenvalue weighted by molar-refractivity contribution is 5.60. The largest absolute Gasteiger partial charge is 0.487 e. The van der Waals surface area contributed by atoms with Gasteiger partial charge in [0.1, 0.15) is 17.7 Å². The first-order valence-electron chi connectivity index (χ1n) is 6.52. The molecule has 1 aromatic rings. The molecule has 1 saturated heterocycles. The van der Waals surface area contributed by atoms with Gasteiger partial charge in [-0.25, -0.2) is 4.39 Å². The number of aliphatic hydroxyl groups is 1. The second-order valence-corrected chi connectivity index (χ2v) is 5.57. The highest BCUT2D eigenvalue weighted by Crippen LogP contribution is 2.37. The summed E-state index contributed by atoms with van der Waals surface area (Å²) in [5.41, 5.74) is 0.696. The lowest BCUT2D eigenvalue weighted by atomic mass is 9.86. The van der Waals surface area contributed by atoms with Crippen LogP contribution in [0, 0.1) is 11.2 Å². The Bertz CT molecular complexity index is 470. The molecule has 0 saturated carbocycles. The van der Waals surface area contributed by atoms with Crippen LogP contribution in [0.15, 0.2) is 18.2 Å². The number of hydrogen-bond donors (Lipinski definition) is 1. The van der Waals surface area contributed by atoms with Crippen LogP contribution < -0.4 is 9.64 Å². The molecular weight excluding hydrogens is 249 g/mol. The van der Waals surface area contributed by atoms with Crippen molar-refractivity contribution < 1.29 is 19.0 Å². The Kier molecular flexibility index (Phi) is 3.11. The predicted octanol–water partition coefficient (Wildman–Crippen LogP) is 1.42. The molecule has 1 fully saturated rings. The summed E-state index contributed by atoms with van der Waals surface area (Å²) in [5, 5.41) is 9.53. The van der Waals surface area contributed by atoms with Crippen LogP contribution in [0.4, 0.5) is 10.1 Å². The topological polar surface area (TPSA) is 41.9 Å². The number of anilines is 1. The monoisotopic (exact) mass is 267 g/mol. The third-order valence-corrected chi connectivity index (χ3v) is 3.75. The Hall–Kier alpha value is -1.33. The molecule has 1 N–H and O–H groups in total. The van der Waals surface area contributed by atoms with Crippen LogP contribution in [0.1, 0.15) is 6.92 Å². The number of ether oxygens (including phenoxy) is 2. The standard InChI is InChI=1S/C14H18FNO3/c1-10-5-16(6-14(7-17)8-18-9-14)12-3-2-11(15)4-13(12)19-10/h2-4,10,17H,5-9H2,1H3. The molecule has 0 radical (unpaired) electrons. The molecule has 2 aliphatic heterocycles. The van der Waals surface area contributed by atoms with Gasteiger partial charge < -0.3 is 19.5 Å². The number of nitrogens with zero attached hydrogens (tertiary/aromatic N) is 1. The van der Waals surface area contributed by atoms with Crippen molar-refractivity contribution >= 4 is 5.69 Å². The van der Waals surface area contributed by atoms with E-state index in [0.29, 0.717) is 25.5 Å². The molecule has 2 heterocycles. The van der Waals surface area contributed by atoms with Crippen LogP contribution in [0.25, 0.3) is 0 Å². The molecule has 19 heavy (non-hydrogen) atoms. The maximum Gasteiger partial charge on any atom is 0.146 e. The fourth-order valence-electron chi connectivity index (χ4n) is 2.68. The Balaban J connectivity index is 1.86. The summed E-state index contributed by atoms with van der Waals surface area (Å²) in [6.07, 6.45) is 0.00559. The van der Waals surface area contributed by atoms with E-state index in [2.05, 4.69) is 4.90 Å². The van der Waals surface area contributed by atoms with Crippen molar-refractivity contribution in [3.05, 3.63) is 24.0 Å². The van der Waals surface area contributed by atoms with Crippen molar-refractivity contribution in [2.75, 3.05) is 37.8 Å². The van der Waals surface area contributed by atoms with Gasteiger partial charge in [0.05, 0.1) is 37.5 Å². The third-order valence-electron chi connectivity index (χ3n) is 3.75. The molecule has 2 aliphatic rings. The van der Waals surface area contributed by atoms with Gasteiger partial charge in [0.2, 0.25) is 0 Å². The molecule has 0 aliphatic carbocycles. The normalized spacial score (nSPS) is 24.4. The van der Waals surface area contributed by atoms with Gasteiger partial charge in [-0.1, -0.05) is 0 Å². The van der Waals surface area contributed by atoms with Gasteiger partial charge >= 0.3 is 0 Å². The maximum absolute atomic E-state index is 13.3. The lowest BCUT2D eigenvalue weighted by Gasteiger charge is -2.46. The van der Waals surface area contributed by atoms with Crippen molar-refractivity contribution in [1.29, 1.82) is 0 Å². The molecule has 1 unspecified atom stereocenters. The first-order valence-corrected chi connectivity index (χ1v) is 6.52. The lowest BCUT2D eigenvalue weighted by Crippen LogP contribution is -2.55. The number of hydrogen-bond acceptors (Lipinski definition) is 4. The zero-order valence-corrected chi connectivity index (χ0v) is 10.9. The second kappa shape index (κ2) is 4.65. The Morgan fingerprint density at radius 1 is 1.47 bits per heavy atom. The molecule has 4 nitrogen and oxygen atoms in total. The number of benzene rings is 1. The van der Waals surface area contributed by atoms with E-state index in [9.17, 15) is 9.50 Å². The summed E-state index contributed by atoms with van der Waals surface area (Å²) < 4.78 is 24.2. The lowest BCUT2D eigenvalue weighted by molar-refractivity contribution is -0.131. The smallest absolute Gasteiger partial charge is 0.146 e. The molecule has 3 rings (SSSR count). The van der Waals surface area contributed by atoms with E-state index >= 15 is 0 Å². The molecule has 0 spiro atoms. The number of rotatable bonds is 3. The van der Waals surface area contributed by atoms with Gasteiger partial charge in [-0.15, -0.1) is 0 Å². The minimum absolute atomic E-state index is 0.00559. The zero-order valence-electron chi connectivity index (χ0n) is 10.9. The van der Waals surface area contributed by atoms with Crippen molar-refractivity contribution in [1.82, 2.24) is 0 Å². The number of halogens is 1. The van der Waals surface area contributed by atoms with Crippen molar-refractivity contribution in [2.45, 2.75) is 13.0 Å². The molecule has 0 aromatic heterocycles. The van der Waals surface area contributed by atoms with Gasteiger partial charge in [0.15, 0.2) is 0 Å². The van der Waals surface area contributed by atoms with Gasteiger partial charge in [-0.05, 0) is 19.1 Å². The predicted molar refractivity (Wildman–Crippen MR) is 69.0 cm³/mol. The Labute approximate surface area is 111 Å². The Morgan fingerprint density at radius 2 is 2.26 bits per heavy atom. The highest BCUT2D eigenvalue weighted by Gasteiger charge is 2.41. The maximum atomic E-state index is 13.3. The van der Waals surface area contributed by atoms with Crippen LogP contribution in [0.2, 0.25) is 0 Å². The van der Waals surface area contributed by atoms with Crippen molar-refractivity contribution in [3.8, 4) is 5.75 Å². The highest BCUT2D eigenvalue weighted by atomic mass is 19.1. The van der Waals surface area contributed by atoms with E-state index < -0.39 is 0 Å². The minimum Gasteiger partial charge on any atom is -0.487 e. The van der Waals surface area contributed by atoms with E-state index in [1.165, 1.54) is 12.1 Å². The van der Waals surface area contributed by atoms with Crippen LogP contribution >= 0.6 is 0 Å². The summed E-state index contributed by atoms with van der Waals surface area (Å²) in [4.78, 5) is 2.15. The molecule has 0 bridgehead atoms. The van der Waals surface area contributed by atoms with Crippen LogP contribution in [0.5, 0.6) is 5.75 Å². The first kappa shape index (κ1) is 12.7. The van der Waals surface area contributed by atoms with Crippen molar-refractivity contribution in [3.63, 3.8) is 0 Å². The van der Waals surface area contributed by atoms with Gasteiger partial charge in [0, 0.05) is 12.6 Å². The second-order valence-electron chi connectivity index (χ2n) is 5.57. The molecule has 0 amide bonds. The summed E-state index contributed by atoms with van der Waals surface area (Å²) >= 11 is 0. The first-order chi connectivity index (χ1) is 9.12. The molecular formula is C14H18FNO3. The van der Waals surface area contributed by atoms with E-state index in [1.807, 2.05) is 6.92 Å². The summed E-state index contributed by atoms with van der Waals surface area (Å²) in [6, 6.07) is 4.59. The minimum atomic E-state index is -0.295. The van der Waals surface area contributed by atoms with E-state index in [4.69, 9.17) is 9.47 Å². The third kappa shape index (κ3) is 2.28. The Morgan fingerprint density at radius 3 is 2.89 bits per heavy atom. The molecule has 104 valence electrons. The fraction of sp³-hybridized carbons (Fsp3) is 0.571. The summed E-state index contributed by atoms with van der Waals surface area (Å²) in [5.74, 6) is 0.281. The van der Waals surface area contributed by atoms with Gasteiger partial charge in [-0.2, -0.15) is 0 Å². The quantitative estimate of drug-likeness (QED) is 0.899. The average molecular weight is 267 g/mol. The van der Waals surface area contributed by atoms with Crippen LogP contribution in [-0.4, -0.2) is 44.1 Å². The van der Waals surface area contributed by atoms with Crippen LogP contribution in [-0.2, 0) is 4.74 Å². The summed E-state index contributed by atoms with van der Waals surface area (Å²) in [7, 11) is 0. The van der Waals surface area contributed by atoms with E-state index in [1.54, 1.807) is 6.07 Å². The number of fused-ring (bicyclic) bond motifs is 1. The molecule has 1 aromatic carbocycles. The zero-order chi connectivity index (χ0) is 13.5. The fourth-order valence-corrected chi connectivity index (χ4v) is 2.68. The van der Waals surface area contributed by atoms with E-state index in [-0.39, 0.29) is 23.9 Å². The van der Waals surface area contributed by atoms with Gasteiger partial charge in [-0.3, -0.25) is 0 Å². The van der Waals surface area contributed by atoms with Gasteiger partial charge in [0.25, 0.3) is 0 Å². The average Bonchev–Trinajstić information content (AvgIpc) is 2.32. The van der Waals surface area contributed by atoms with Crippen LogP contribution in [0.3, 0.4) is 0 Å². The van der Waals surface area contributed by atoms with E-state index in [0.717, 1.165) is 12.2 Å². The molecule has 5 heteroatoms. The molecule has 1 atom stereocenters. The summed E-state index contributed by atoms with van der Waals surface area (Å²) in [6.45, 7) is 4.66. The number of aliphatic hydroxyl groups excluding tert-OH is 1. The SMILES string of the molecule is CC1CN(CC2(CO)COC2)c2ccc(F)cc2O1.